The number of halogens is 2. The van der Waals surface area contributed by atoms with Crippen molar-refractivity contribution in [3.8, 4) is 0 Å². The summed E-state index contributed by atoms with van der Waals surface area (Å²) in [5.74, 6) is 0.629. The Bertz CT molecular complexity index is 949. The normalized spacial score (nSPS) is 17.3. The number of likely N-dealkylation sites (tertiary alicyclic amines) is 1. The Kier molecular flexibility index (Phi) is 6.72. The molecule has 2 aromatic rings. The first-order chi connectivity index (χ1) is 14.9. The van der Waals surface area contributed by atoms with Crippen LogP contribution >= 0.6 is 23.2 Å². The summed E-state index contributed by atoms with van der Waals surface area (Å²) in [7, 11) is 0. The molecule has 0 aliphatic carbocycles. The van der Waals surface area contributed by atoms with Crippen molar-refractivity contribution < 1.29 is 14.3 Å². The van der Waals surface area contributed by atoms with Crippen molar-refractivity contribution in [1.29, 1.82) is 0 Å². The van der Waals surface area contributed by atoms with Crippen LogP contribution in [0.15, 0.2) is 24.3 Å². The summed E-state index contributed by atoms with van der Waals surface area (Å²) in [6, 6.07) is 6.88. The second-order valence-electron chi connectivity index (χ2n) is 8.33. The third-order valence-electron chi connectivity index (χ3n) is 5.85. The van der Waals surface area contributed by atoms with Crippen LogP contribution in [0.1, 0.15) is 47.9 Å². The van der Waals surface area contributed by atoms with Crippen LogP contribution in [0.2, 0.25) is 10.0 Å². The van der Waals surface area contributed by atoms with Gasteiger partial charge in [0.15, 0.2) is 5.69 Å². The predicted octanol–water partition coefficient (Wildman–Crippen LogP) is 4.60. The summed E-state index contributed by atoms with van der Waals surface area (Å²) in [6.07, 6.45) is 2.37. The number of piperidine rings is 1. The maximum absolute atomic E-state index is 12.9. The number of carbonyl (C=O) groups excluding carboxylic acids is 2. The Morgan fingerprint density at radius 2 is 1.74 bits per heavy atom. The number of hydrogen-bond donors (Lipinski definition) is 0. The van der Waals surface area contributed by atoms with Crippen LogP contribution in [-0.2, 0) is 24.4 Å². The van der Waals surface area contributed by atoms with E-state index in [9.17, 15) is 9.59 Å². The smallest absolute Gasteiger partial charge is 0.410 e. The molecular formula is C22H26Cl2N4O3. The van der Waals surface area contributed by atoms with Crippen molar-refractivity contribution in [2.75, 3.05) is 19.6 Å². The Hall–Kier alpha value is -2.25. The number of aryl methyl sites for hydroxylation is 1. The third kappa shape index (κ3) is 5.33. The van der Waals surface area contributed by atoms with Crippen molar-refractivity contribution in [1.82, 2.24) is 19.6 Å². The molecule has 2 aliphatic rings. The number of carbonyl (C=O) groups is 2. The average molecular weight is 465 g/mol. The molecule has 1 aromatic heterocycles. The zero-order chi connectivity index (χ0) is 22.0. The lowest BCUT2D eigenvalue weighted by Gasteiger charge is -2.29. The number of nitrogens with zero attached hydrogens (tertiary/aromatic N) is 4. The molecule has 0 bridgehead atoms. The van der Waals surface area contributed by atoms with Gasteiger partial charge in [-0.15, -0.1) is 0 Å². The molecule has 2 amide bonds. The van der Waals surface area contributed by atoms with E-state index in [1.54, 1.807) is 23.1 Å². The summed E-state index contributed by atoms with van der Waals surface area (Å²) in [5.41, 5.74) is 2.02. The summed E-state index contributed by atoms with van der Waals surface area (Å²) in [6.45, 7) is 5.43. The zero-order valence-corrected chi connectivity index (χ0v) is 19.0. The van der Waals surface area contributed by atoms with Crippen molar-refractivity contribution >= 4 is 35.2 Å². The van der Waals surface area contributed by atoms with E-state index < -0.39 is 6.09 Å². The topological polar surface area (TPSA) is 67.7 Å². The first-order valence-electron chi connectivity index (χ1n) is 10.6. The van der Waals surface area contributed by atoms with Gasteiger partial charge in [0.25, 0.3) is 5.91 Å². The van der Waals surface area contributed by atoms with E-state index in [4.69, 9.17) is 27.9 Å². The molecule has 0 N–H and O–H groups in total. The van der Waals surface area contributed by atoms with E-state index in [1.165, 1.54) is 0 Å². The second-order valence-corrected chi connectivity index (χ2v) is 9.20. The maximum atomic E-state index is 12.9. The molecule has 2 aliphatic heterocycles. The van der Waals surface area contributed by atoms with Crippen LogP contribution in [-0.4, -0.2) is 51.2 Å². The summed E-state index contributed by atoms with van der Waals surface area (Å²) >= 11 is 12.0. The van der Waals surface area contributed by atoms with Gasteiger partial charge in [0.2, 0.25) is 0 Å². The van der Waals surface area contributed by atoms with E-state index >= 15 is 0 Å². The molecule has 166 valence electrons. The lowest BCUT2D eigenvalue weighted by molar-refractivity contribution is 0.0690. The predicted molar refractivity (Wildman–Crippen MR) is 118 cm³/mol. The van der Waals surface area contributed by atoms with Crippen molar-refractivity contribution in [3.05, 3.63) is 51.3 Å². The molecule has 31 heavy (non-hydrogen) atoms. The monoisotopic (exact) mass is 464 g/mol. The largest absolute Gasteiger partial charge is 0.445 e. The van der Waals surface area contributed by atoms with Crippen LogP contribution in [0.3, 0.4) is 0 Å². The Balaban J connectivity index is 1.39. The van der Waals surface area contributed by atoms with Crippen molar-refractivity contribution in [3.63, 3.8) is 0 Å². The third-order valence-corrected chi connectivity index (χ3v) is 6.28. The van der Waals surface area contributed by atoms with Gasteiger partial charge in [-0.3, -0.25) is 9.48 Å². The zero-order valence-electron chi connectivity index (χ0n) is 17.5. The number of benzene rings is 1. The molecule has 0 atom stereocenters. The quantitative estimate of drug-likeness (QED) is 0.665. The van der Waals surface area contributed by atoms with Crippen LogP contribution in [0.25, 0.3) is 0 Å². The van der Waals surface area contributed by atoms with Crippen molar-refractivity contribution in [2.24, 2.45) is 5.92 Å². The highest BCUT2D eigenvalue weighted by atomic mass is 35.5. The number of fused-ring (bicyclic) bond motifs is 1. The van der Waals surface area contributed by atoms with E-state index in [0.717, 1.165) is 43.6 Å². The lowest BCUT2D eigenvalue weighted by Crippen LogP contribution is -2.38. The number of hydrogen-bond acceptors (Lipinski definition) is 4. The fourth-order valence-electron chi connectivity index (χ4n) is 4.03. The minimum Gasteiger partial charge on any atom is -0.445 e. The molecular weight excluding hydrogens is 439 g/mol. The van der Waals surface area contributed by atoms with Gasteiger partial charge in [-0.25, -0.2) is 4.79 Å². The van der Waals surface area contributed by atoms with Gasteiger partial charge in [-0.2, -0.15) is 5.10 Å². The van der Waals surface area contributed by atoms with Gasteiger partial charge in [0, 0.05) is 36.2 Å². The molecule has 3 heterocycles. The molecule has 1 aromatic carbocycles. The molecule has 0 unspecified atom stereocenters. The molecule has 1 fully saturated rings. The fourth-order valence-corrected chi connectivity index (χ4v) is 4.60. The number of aromatic nitrogens is 2. The first kappa shape index (κ1) is 22.0. The second kappa shape index (κ2) is 9.49. The summed E-state index contributed by atoms with van der Waals surface area (Å²) in [5, 5.41) is 5.52. The minimum absolute atomic E-state index is 0.0283. The highest BCUT2D eigenvalue weighted by Gasteiger charge is 2.27. The number of ether oxygens (including phenoxy) is 1. The summed E-state index contributed by atoms with van der Waals surface area (Å²) < 4.78 is 7.31. The highest BCUT2D eigenvalue weighted by molar-refractivity contribution is 6.34. The molecule has 0 saturated carbocycles. The Labute approximate surface area is 191 Å². The van der Waals surface area contributed by atoms with Gasteiger partial charge >= 0.3 is 6.09 Å². The van der Waals surface area contributed by atoms with Crippen molar-refractivity contribution in [2.45, 2.75) is 45.9 Å². The number of rotatable bonds is 3. The SMILES string of the molecule is CC1CCN(C(=O)c2cc3n(n2)CCCN(C(=O)OCc2cc(Cl)cc(Cl)c2)C3)CC1. The first-order valence-corrected chi connectivity index (χ1v) is 11.4. The van der Waals surface area contributed by atoms with Crippen LogP contribution in [0.4, 0.5) is 4.79 Å². The fraction of sp³-hybridized carbons (Fsp3) is 0.500. The van der Waals surface area contributed by atoms with Gasteiger partial charge in [0.05, 0.1) is 12.2 Å². The summed E-state index contributed by atoms with van der Waals surface area (Å²) in [4.78, 5) is 29.0. The van der Waals surface area contributed by atoms with E-state index in [1.807, 2.05) is 15.6 Å². The average Bonchev–Trinajstić information content (AvgIpc) is 3.03. The van der Waals surface area contributed by atoms with E-state index in [0.29, 0.717) is 41.3 Å². The van der Waals surface area contributed by atoms with Gasteiger partial charge < -0.3 is 14.5 Å². The van der Waals surface area contributed by atoms with Gasteiger partial charge in [-0.05, 0) is 55.0 Å². The standard InChI is InChI=1S/C22H26Cl2N4O3/c1-15-3-7-26(8-4-15)21(29)20-12-19-13-27(5-2-6-28(19)25-20)22(30)31-14-16-9-17(23)11-18(24)10-16/h9-12,15H,2-8,13-14H2,1H3. The molecule has 7 nitrogen and oxygen atoms in total. The van der Waals surface area contributed by atoms with Crippen LogP contribution < -0.4 is 0 Å². The Morgan fingerprint density at radius 1 is 1.03 bits per heavy atom. The van der Waals surface area contributed by atoms with Crippen LogP contribution in [0.5, 0.6) is 0 Å². The highest BCUT2D eigenvalue weighted by Crippen LogP contribution is 2.22. The lowest BCUT2D eigenvalue weighted by atomic mass is 9.99. The molecule has 9 heteroatoms. The molecule has 0 radical (unpaired) electrons. The van der Waals surface area contributed by atoms with Gasteiger partial charge in [-0.1, -0.05) is 30.1 Å². The van der Waals surface area contributed by atoms with Gasteiger partial charge in [0.1, 0.15) is 6.61 Å². The maximum Gasteiger partial charge on any atom is 0.410 e. The minimum atomic E-state index is -0.413. The van der Waals surface area contributed by atoms with Crippen LogP contribution in [0, 0.1) is 5.92 Å². The number of amides is 2. The molecule has 4 rings (SSSR count). The molecule has 0 spiro atoms. The van der Waals surface area contributed by atoms with E-state index in [-0.39, 0.29) is 12.5 Å². The molecule has 1 saturated heterocycles. The van der Waals surface area contributed by atoms with E-state index in [2.05, 4.69) is 12.0 Å². The Morgan fingerprint density at radius 3 is 2.45 bits per heavy atom.